The summed E-state index contributed by atoms with van der Waals surface area (Å²) in [4.78, 5) is 10.2. The van der Waals surface area contributed by atoms with Gasteiger partial charge in [0, 0.05) is 6.04 Å². The molecule has 1 rings (SSSR count). The Bertz CT molecular complexity index is 165. The van der Waals surface area contributed by atoms with Crippen molar-refractivity contribution in [3.05, 3.63) is 0 Å². The van der Waals surface area contributed by atoms with E-state index in [0.29, 0.717) is 19.3 Å². The lowest BCUT2D eigenvalue weighted by Gasteiger charge is -2.15. The Hall–Kier alpha value is -0.610. The Balaban J connectivity index is 2.01. The molecule has 2 N–H and O–H groups in total. The third kappa shape index (κ3) is 5.19. The van der Waals surface area contributed by atoms with Gasteiger partial charge < -0.3 is 15.2 Å². The molecular weight excluding hydrogens is 182 g/mol. The van der Waals surface area contributed by atoms with Crippen molar-refractivity contribution in [2.24, 2.45) is 0 Å². The van der Waals surface area contributed by atoms with E-state index in [1.165, 1.54) is 19.3 Å². The summed E-state index contributed by atoms with van der Waals surface area (Å²) in [6.45, 7) is 2.04. The minimum Gasteiger partial charge on any atom is -0.481 e. The third-order valence-electron chi connectivity index (χ3n) is 2.44. The number of rotatable bonds is 5. The number of aliphatic carboxylic acids is 1. The molecule has 1 fully saturated rings. The SMILES string of the molecule is O=C(O)CCOCC1CCCCCN1. The molecule has 0 bridgehead atoms. The summed E-state index contributed by atoms with van der Waals surface area (Å²) >= 11 is 0. The van der Waals surface area contributed by atoms with Gasteiger partial charge in [-0.2, -0.15) is 0 Å². The highest BCUT2D eigenvalue weighted by Gasteiger charge is 2.11. The standard InChI is InChI=1S/C10H19NO3/c12-10(13)5-7-14-8-9-4-2-1-3-6-11-9/h9,11H,1-8H2,(H,12,13). The summed E-state index contributed by atoms with van der Waals surface area (Å²) in [5.74, 6) is -0.793. The number of hydrogen-bond acceptors (Lipinski definition) is 3. The van der Waals surface area contributed by atoms with E-state index in [-0.39, 0.29) is 6.42 Å². The van der Waals surface area contributed by atoms with Crippen molar-refractivity contribution < 1.29 is 14.6 Å². The first-order chi connectivity index (χ1) is 6.79. The highest BCUT2D eigenvalue weighted by atomic mass is 16.5. The average molecular weight is 201 g/mol. The molecule has 0 amide bonds. The van der Waals surface area contributed by atoms with Crippen LogP contribution in [0.3, 0.4) is 0 Å². The fraction of sp³-hybridized carbons (Fsp3) is 0.900. The summed E-state index contributed by atoms with van der Waals surface area (Å²) in [5.41, 5.74) is 0. The van der Waals surface area contributed by atoms with Crippen LogP contribution in [-0.4, -0.2) is 36.9 Å². The average Bonchev–Trinajstić information content (AvgIpc) is 2.40. The van der Waals surface area contributed by atoms with Gasteiger partial charge in [-0.1, -0.05) is 12.8 Å². The largest absolute Gasteiger partial charge is 0.481 e. The molecule has 14 heavy (non-hydrogen) atoms. The van der Waals surface area contributed by atoms with E-state index in [9.17, 15) is 4.79 Å². The maximum absolute atomic E-state index is 10.2. The van der Waals surface area contributed by atoms with Crippen molar-refractivity contribution in [1.29, 1.82) is 0 Å². The van der Waals surface area contributed by atoms with Gasteiger partial charge in [-0.15, -0.1) is 0 Å². The summed E-state index contributed by atoms with van der Waals surface area (Å²) in [5, 5.41) is 11.8. The van der Waals surface area contributed by atoms with Crippen LogP contribution < -0.4 is 5.32 Å². The molecule has 4 nitrogen and oxygen atoms in total. The van der Waals surface area contributed by atoms with Crippen molar-refractivity contribution in [3.8, 4) is 0 Å². The molecule has 1 aliphatic rings. The maximum atomic E-state index is 10.2. The van der Waals surface area contributed by atoms with E-state index in [1.807, 2.05) is 0 Å². The summed E-state index contributed by atoms with van der Waals surface area (Å²) in [6.07, 6.45) is 5.03. The summed E-state index contributed by atoms with van der Waals surface area (Å²) < 4.78 is 5.30. The lowest BCUT2D eigenvalue weighted by Crippen LogP contribution is -2.32. The number of nitrogens with one attached hydrogen (secondary N) is 1. The van der Waals surface area contributed by atoms with Crippen LogP contribution in [0.15, 0.2) is 0 Å². The Morgan fingerprint density at radius 3 is 3.07 bits per heavy atom. The molecular formula is C10H19NO3. The predicted molar refractivity (Wildman–Crippen MR) is 53.3 cm³/mol. The van der Waals surface area contributed by atoms with E-state index < -0.39 is 5.97 Å². The zero-order valence-electron chi connectivity index (χ0n) is 8.50. The molecule has 0 aromatic carbocycles. The topological polar surface area (TPSA) is 58.6 Å². The van der Waals surface area contributed by atoms with Crippen molar-refractivity contribution in [3.63, 3.8) is 0 Å². The van der Waals surface area contributed by atoms with Gasteiger partial charge in [-0.25, -0.2) is 0 Å². The number of carboxylic acids is 1. The Labute approximate surface area is 84.6 Å². The second-order valence-electron chi connectivity index (χ2n) is 3.72. The molecule has 0 radical (unpaired) electrons. The second kappa shape index (κ2) is 6.79. The molecule has 0 spiro atoms. The first kappa shape index (κ1) is 11.5. The molecule has 4 heteroatoms. The lowest BCUT2D eigenvalue weighted by molar-refractivity contribution is -0.138. The quantitative estimate of drug-likeness (QED) is 0.652. The lowest BCUT2D eigenvalue weighted by atomic mass is 10.1. The molecule has 82 valence electrons. The van der Waals surface area contributed by atoms with E-state index in [0.717, 1.165) is 13.0 Å². The van der Waals surface area contributed by atoms with Gasteiger partial charge in [0.15, 0.2) is 0 Å². The van der Waals surface area contributed by atoms with Crippen LogP contribution >= 0.6 is 0 Å². The van der Waals surface area contributed by atoms with E-state index in [4.69, 9.17) is 9.84 Å². The zero-order chi connectivity index (χ0) is 10.2. The van der Waals surface area contributed by atoms with Crippen LogP contribution in [0.2, 0.25) is 0 Å². The maximum Gasteiger partial charge on any atom is 0.305 e. The minimum absolute atomic E-state index is 0.104. The zero-order valence-corrected chi connectivity index (χ0v) is 8.50. The van der Waals surface area contributed by atoms with E-state index in [2.05, 4.69) is 5.32 Å². The predicted octanol–water partition coefficient (Wildman–Crippen LogP) is 1.01. The molecule has 1 heterocycles. The summed E-state index contributed by atoms with van der Waals surface area (Å²) in [6, 6.07) is 0.422. The highest BCUT2D eigenvalue weighted by molar-refractivity contribution is 5.66. The normalized spacial score (nSPS) is 23.0. The Morgan fingerprint density at radius 1 is 1.43 bits per heavy atom. The smallest absolute Gasteiger partial charge is 0.305 e. The van der Waals surface area contributed by atoms with Crippen LogP contribution in [0.25, 0.3) is 0 Å². The molecule has 0 aliphatic carbocycles. The molecule has 1 atom stereocenters. The molecule has 1 saturated heterocycles. The molecule has 0 saturated carbocycles. The first-order valence-corrected chi connectivity index (χ1v) is 5.32. The van der Waals surface area contributed by atoms with Crippen LogP contribution in [-0.2, 0) is 9.53 Å². The Kier molecular flexibility index (Phi) is 5.56. The van der Waals surface area contributed by atoms with Gasteiger partial charge in [-0.05, 0) is 19.4 Å². The van der Waals surface area contributed by atoms with E-state index in [1.54, 1.807) is 0 Å². The van der Waals surface area contributed by atoms with Crippen molar-refractivity contribution in [1.82, 2.24) is 5.32 Å². The molecule has 0 aromatic rings. The summed E-state index contributed by atoms with van der Waals surface area (Å²) in [7, 11) is 0. The molecule has 1 aliphatic heterocycles. The fourth-order valence-corrected chi connectivity index (χ4v) is 1.63. The van der Waals surface area contributed by atoms with Crippen LogP contribution in [0.1, 0.15) is 32.1 Å². The second-order valence-corrected chi connectivity index (χ2v) is 3.72. The van der Waals surface area contributed by atoms with Crippen molar-refractivity contribution in [2.75, 3.05) is 19.8 Å². The van der Waals surface area contributed by atoms with Crippen LogP contribution in [0.5, 0.6) is 0 Å². The van der Waals surface area contributed by atoms with Gasteiger partial charge in [0.2, 0.25) is 0 Å². The number of carboxylic acid groups (broad SMARTS) is 1. The van der Waals surface area contributed by atoms with Crippen molar-refractivity contribution >= 4 is 5.97 Å². The first-order valence-electron chi connectivity index (χ1n) is 5.32. The molecule has 0 aromatic heterocycles. The van der Waals surface area contributed by atoms with Crippen LogP contribution in [0.4, 0.5) is 0 Å². The van der Waals surface area contributed by atoms with Gasteiger partial charge >= 0.3 is 5.97 Å². The third-order valence-corrected chi connectivity index (χ3v) is 2.44. The minimum atomic E-state index is -0.793. The highest BCUT2D eigenvalue weighted by Crippen LogP contribution is 2.08. The van der Waals surface area contributed by atoms with Gasteiger partial charge in [0.05, 0.1) is 19.6 Å². The van der Waals surface area contributed by atoms with E-state index >= 15 is 0 Å². The van der Waals surface area contributed by atoms with Gasteiger partial charge in [0.1, 0.15) is 0 Å². The van der Waals surface area contributed by atoms with Crippen LogP contribution in [0, 0.1) is 0 Å². The molecule has 1 unspecified atom stereocenters. The monoisotopic (exact) mass is 201 g/mol. The number of hydrogen-bond donors (Lipinski definition) is 2. The fourth-order valence-electron chi connectivity index (χ4n) is 1.63. The van der Waals surface area contributed by atoms with Gasteiger partial charge in [-0.3, -0.25) is 4.79 Å². The number of ether oxygens (including phenoxy) is 1. The van der Waals surface area contributed by atoms with Crippen molar-refractivity contribution in [2.45, 2.75) is 38.1 Å². The Morgan fingerprint density at radius 2 is 2.29 bits per heavy atom. The number of carbonyl (C=O) groups is 1. The van der Waals surface area contributed by atoms with Gasteiger partial charge in [0.25, 0.3) is 0 Å².